The Morgan fingerprint density at radius 1 is 1.04 bits per heavy atom. The van der Waals surface area contributed by atoms with Crippen LogP contribution in [-0.4, -0.2) is 42.0 Å². The first-order valence-corrected chi connectivity index (χ1v) is 8.96. The third-order valence-electron chi connectivity index (χ3n) is 4.59. The molecule has 0 aliphatic rings. The molecular formula is C22H21N3O3. The number of rotatable bonds is 5. The van der Waals surface area contributed by atoms with Crippen LogP contribution in [-0.2, 0) is 11.3 Å². The summed E-state index contributed by atoms with van der Waals surface area (Å²) in [5.74, 6) is 1.29. The number of H-pyrrole nitrogens is 1. The molecule has 6 nitrogen and oxygen atoms in total. The Bertz CT molecular complexity index is 1150. The van der Waals surface area contributed by atoms with Crippen molar-refractivity contribution in [1.82, 2.24) is 14.9 Å². The SMILES string of the molecule is COCc1c(C(=O)N(C)C)ncc2[nH]c3cccc(Oc4ccccc4)c3c12. The highest BCUT2D eigenvalue weighted by Crippen LogP contribution is 2.38. The van der Waals surface area contributed by atoms with Gasteiger partial charge in [-0.15, -0.1) is 0 Å². The second-order valence-electron chi connectivity index (χ2n) is 6.73. The number of pyridine rings is 1. The number of carbonyl (C=O) groups is 1. The molecular weight excluding hydrogens is 354 g/mol. The minimum atomic E-state index is -0.162. The highest BCUT2D eigenvalue weighted by atomic mass is 16.5. The lowest BCUT2D eigenvalue weighted by Gasteiger charge is -2.14. The molecule has 0 atom stereocenters. The number of amides is 1. The van der Waals surface area contributed by atoms with Gasteiger partial charge in [0.1, 0.15) is 17.2 Å². The summed E-state index contributed by atoms with van der Waals surface area (Å²) in [4.78, 5) is 22.0. The van der Waals surface area contributed by atoms with Gasteiger partial charge in [0.05, 0.1) is 29.2 Å². The number of fused-ring (bicyclic) bond motifs is 3. The number of carbonyl (C=O) groups excluding carboxylic acids is 1. The molecule has 0 fully saturated rings. The van der Waals surface area contributed by atoms with Crippen molar-refractivity contribution >= 4 is 27.7 Å². The predicted octanol–water partition coefficient (Wildman–Crippen LogP) is 4.36. The zero-order valence-electron chi connectivity index (χ0n) is 16.0. The number of hydrogen-bond acceptors (Lipinski definition) is 4. The van der Waals surface area contributed by atoms with E-state index in [0.29, 0.717) is 11.4 Å². The summed E-state index contributed by atoms with van der Waals surface area (Å²) >= 11 is 0. The smallest absolute Gasteiger partial charge is 0.272 e. The molecule has 2 heterocycles. The van der Waals surface area contributed by atoms with E-state index in [0.717, 1.165) is 33.1 Å². The zero-order chi connectivity index (χ0) is 19.7. The van der Waals surface area contributed by atoms with E-state index in [1.54, 1.807) is 27.4 Å². The molecule has 0 radical (unpaired) electrons. The molecule has 0 bridgehead atoms. The van der Waals surface area contributed by atoms with Gasteiger partial charge in [-0.1, -0.05) is 24.3 Å². The summed E-state index contributed by atoms with van der Waals surface area (Å²) in [6.45, 7) is 0.270. The fraction of sp³-hybridized carbons (Fsp3) is 0.182. The Kier molecular flexibility index (Phi) is 4.71. The molecule has 4 aromatic rings. The van der Waals surface area contributed by atoms with Crippen molar-refractivity contribution < 1.29 is 14.3 Å². The van der Waals surface area contributed by atoms with Crippen LogP contribution in [0.15, 0.2) is 54.7 Å². The van der Waals surface area contributed by atoms with Crippen molar-refractivity contribution in [2.75, 3.05) is 21.2 Å². The van der Waals surface area contributed by atoms with Crippen LogP contribution in [0, 0.1) is 0 Å². The molecule has 0 aliphatic heterocycles. The van der Waals surface area contributed by atoms with Crippen molar-refractivity contribution in [3.8, 4) is 11.5 Å². The molecule has 0 spiro atoms. The fourth-order valence-electron chi connectivity index (χ4n) is 3.35. The number of ether oxygens (including phenoxy) is 2. The molecule has 28 heavy (non-hydrogen) atoms. The van der Waals surface area contributed by atoms with E-state index < -0.39 is 0 Å². The minimum Gasteiger partial charge on any atom is -0.457 e. The van der Waals surface area contributed by atoms with Crippen LogP contribution in [0.25, 0.3) is 21.8 Å². The first-order chi connectivity index (χ1) is 13.6. The Morgan fingerprint density at radius 2 is 1.82 bits per heavy atom. The van der Waals surface area contributed by atoms with Crippen molar-refractivity contribution in [3.05, 3.63) is 66.0 Å². The van der Waals surface area contributed by atoms with Crippen molar-refractivity contribution in [1.29, 1.82) is 0 Å². The third kappa shape index (κ3) is 3.08. The van der Waals surface area contributed by atoms with Crippen LogP contribution in [0.4, 0.5) is 0 Å². The molecule has 0 saturated carbocycles. The van der Waals surface area contributed by atoms with Crippen LogP contribution < -0.4 is 4.74 Å². The van der Waals surface area contributed by atoms with Gasteiger partial charge < -0.3 is 19.4 Å². The number of aromatic amines is 1. The molecule has 2 aromatic heterocycles. The topological polar surface area (TPSA) is 67.5 Å². The first-order valence-electron chi connectivity index (χ1n) is 8.96. The monoisotopic (exact) mass is 375 g/mol. The van der Waals surface area contributed by atoms with Crippen LogP contribution in [0.2, 0.25) is 0 Å². The van der Waals surface area contributed by atoms with Gasteiger partial charge in [-0.05, 0) is 24.3 Å². The number of nitrogens with one attached hydrogen (secondary N) is 1. The van der Waals surface area contributed by atoms with Crippen molar-refractivity contribution in [2.45, 2.75) is 6.61 Å². The van der Waals surface area contributed by atoms with E-state index in [2.05, 4.69) is 9.97 Å². The Labute approximate surface area is 162 Å². The van der Waals surface area contributed by atoms with Crippen molar-refractivity contribution in [3.63, 3.8) is 0 Å². The summed E-state index contributed by atoms with van der Waals surface area (Å²) < 4.78 is 11.6. The number of benzene rings is 2. The summed E-state index contributed by atoms with van der Waals surface area (Å²) in [6, 6.07) is 15.5. The van der Waals surface area contributed by atoms with Gasteiger partial charge in [0.2, 0.25) is 0 Å². The second kappa shape index (κ2) is 7.32. The summed E-state index contributed by atoms with van der Waals surface area (Å²) in [6.07, 6.45) is 1.69. The maximum atomic E-state index is 12.7. The largest absolute Gasteiger partial charge is 0.457 e. The number of methoxy groups -OCH3 is 1. The average molecular weight is 375 g/mol. The Morgan fingerprint density at radius 3 is 2.54 bits per heavy atom. The lowest BCUT2D eigenvalue weighted by molar-refractivity contribution is 0.0817. The van der Waals surface area contributed by atoms with Gasteiger partial charge in [0.25, 0.3) is 5.91 Å². The third-order valence-corrected chi connectivity index (χ3v) is 4.59. The van der Waals surface area contributed by atoms with E-state index in [9.17, 15) is 4.79 Å². The number of hydrogen-bond donors (Lipinski definition) is 1. The normalized spacial score (nSPS) is 11.1. The summed E-state index contributed by atoms with van der Waals surface area (Å²) in [7, 11) is 5.03. The number of aromatic nitrogens is 2. The maximum Gasteiger partial charge on any atom is 0.272 e. The van der Waals surface area contributed by atoms with Gasteiger partial charge in [-0.2, -0.15) is 0 Å². The lowest BCUT2D eigenvalue weighted by Crippen LogP contribution is -2.24. The molecule has 6 heteroatoms. The van der Waals surface area contributed by atoms with Crippen LogP contribution >= 0.6 is 0 Å². The predicted molar refractivity (Wildman–Crippen MR) is 109 cm³/mol. The fourth-order valence-corrected chi connectivity index (χ4v) is 3.35. The second-order valence-corrected chi connectivity index (χ2v) is 6.73. The molecule has 1 amide bonds. The van der Waals surface area contributed by atoms with E-state index in [1.807, 2.05) is 48.5 Å². The molecule has 142 valence electrons. The number of nitrogens with zero attached hydrogens (tertiary/aromatic N) is 2. The highest BCUT2D eigenvalue weighted by molar-refractivity contribution is 6.14. The molecule has 0 unspecified atom stereocenters. The Balaban J connectivity index is 2.00. The molecule has 1 N–H and O–H groups in total. The van der Waals surface area contributed by atoms with Gasteiger partial charge in [-0.25, -0.2) is 4.98 Å². The van der Waals surface area contributed by atoms with Crippen LogP contribution in [0.1, 0.15) is 16.1 Å². The van der Waals surface area contributed by atoms with Crippen molar-refractivity contribution in [2.24, 2.45) is 0 Å². The van der Waals surface area contributed by atoms with E-state index in [4.69, 9.17) is 9.47 Å². The van der Waals surface area contributed by atoms with E-state index in [-0.39, 0.29) is 12.5 Å². The molecule has 0 saturated heterocycles. The molecule has 0 aliphatic carbocycles. The highest BCUT2D eigenvalue weighted by Gasteiger charge is 2.22. The summed E-state index contributed by atoms with van der Waals surface area (Å²) in [5.41, 5.74) is 2.88. The van der Waals surface area contributed by atoms with Gasteiger partial charge in [0, 0.05) is 32.2 Å². The van der Waals surface area contributed by atoms with Gasteiger partial charge in [0.15, 0.2) is 0 Å². The standard InChI is InChI=1S/C22H21N3O3/c1-25(2)22(26)21-15(13-27-3)19-17(12-23-21)24-16-10-7-11-18(20(16)19)28-14-8-5-4-6-9-14/h4-12,24H,13H2,1-3H3. The van der Waals surface area contributed by atoms with Crippen LogP contribution in [0.3, 0.4) is 0 Å². The average Bonchev–Trinajstić information content (AvgIpc) is 3.08. The zero-order valence-corrected chi connectivity index (χ0v) is 16.0. The van der Waals surface area contributed by atoms with E-state index >= 15 is 0 Å². The van der Waals surface area contributed by atoms with Gasteiger partial charge >= 0.3 is 0 Å². The lowest BCUT2D eigenvalue weighted by atomic mass is 10.0. The molecule has 2 aromatic carbocycles. The minimum absolute atomic E-state index is 0.162. The van der Waals surface area contributed by atoms with Gasteiger partial charge in [-0.3, -0.25) is 4.79 Å². The Hall–Kier alpha value is -3.38. The maximum absolute atomic E-state index is 12.7. The first kappa shape index (κ1) is 18.0. The quantitative estimate of drug-likeness (QED) is 0.563. The molecule has 4 rings (SSSR count). The van der Waals surface area contributed by atoms with Crippen LogP contribution in [0.5, 0.6) is 11.5 Å². The summed E-state index contributed by atoms with van der Waals surface area (Å²) in [5, 5.41) is 1.80. The number of para-hydroxylation sites is 1. The van der Waals surface area contributed by atoms with E-state index in [1.165, 1.54) is 4.90 Å².